The normalized spacial score (nSPS) is 10.6. The van der Waals surface area contributed by atoms with Crippen LogP contribution in [-0.2, 0) is 0 Å². The van der Waals surface area contributed by atoms with Crippen LogP contribution in [0.1, 0.15) is 25.8 Å². The maximum atomic E-state index is 11.7. The van der Waals surface area contributed by atoms with E-state index in [1.54, 1.807) is 24.3 Å². The largest absolute Gasteiger partial charge is 0.396 e. The van der Waals surface area contributed by atoms with E-state index in [-0.39, 0.29) is 18.1 Å². The van der Waals surface area contributed by atoms with Gasteiger partial charge in [0, 0.05) is 24.4 Å². The average molecular weight is 260 g/mol. The zero-order valence-electron chi connectivity index (χ0n) is 11.4. The molecule has 0 aliphatic heterocycles. The molecule has 3 N–H and O–H groups in total. The van der Waals surface area contributed by atoms with Gasteiger partial charge in [-0.05, 0) is 30.0 Å². The second kappa shape index (κ2) is 6.81. The minimum Gasteiger partial charge on any atom is -0.396 e. The molecule has 0 unspecified atom stereocenters. The summed E-state index contributed by atoms with van der Waals surface area (Å²) >= 11 is 0. The minimum absolute atomic E-state index is 0.112. The Kier molecular flexibility index (Phi) is 5.40. The van der Waals surface area contributed by atoms with Gasteiger partial charge in [0.15, 0.2) is 0 Å². The van der Waals surface area contributed by atoms with Gasteiger partial charge in [-0.25, -0.2) is 4.79 Å². The van der Waals surface area contributed by atoms with Crippen LogP contribution < -0.4 is 10.6 Å². The Bertz CT molecular complexity index is 475. The molecule has 0 saturated carbocycles. The Labute approximate surface area is 114 Å². The number of anilines is 1. The van der Waals surface area contributed by atoms with E-state index in [4.69, 9.17) is 11.5 Å². The molecule has 1 aromatic carbocycles. The van der Waals surface area contributed by atoms with Crippen molar-refractivity contribution >= 4 is 11.7 Å². The highest BCUT2D eigenvalue weighted by molar-refractivity contribution is 5.89. The first-order valence-corrected chi connectivity index (χ1v) is 6.19. The van der Waals surface area contributed by atoms with E-state index in [9.17, 15) is 4.79 Å². The predicted molar refractivity (Wildman–Crippen MR) is 76.9 cm³/mol. The van der Waals surface area contributed by atoms with Crippen LogP contribution in [0, 0.1) is 17.8 Å². The summed E-state index contributed by atoms with van der Waals surface area (Å²) in [6, 6.07) is 6.83. The molecule has 102 valence electrons. The maximum Gasteiger partial charge on any atom is 0.319 e. The SMILES string of the molecule is C#Cc1cccc(NC(=O)NCC(C)(C)CCO)c1. The quantitative estimate of drug-likeness (QED) is 0.711. The molecule has 4 nitrogen and oxygen atoms in total. The van der Waals surface area contributed by atoms with E-state index in [0.717, 1.165) is 5.56 Å². The Balaban J connectivity index is 2.49. The fourth-order valence-electron chi connectivity index (χ4n) is 1.57. The molecule has 1 aromatic rings. The van der Waals surface area contributed by atoms with Crippen LogP contribution in [0.5, 0.6) is 0 Å². The molecule has 0 spiro atoms. The highest BCUT2D eigenvalue weighted by Gasteiger charge is 2.17. The van der Waals surface area contributed by atoms with Crippen LogP contribution >= 0.6 is 0 Å². The molecule has 4 heteroatoms. The number of aliphatic hydroxyl groups is 1. The first kappa shape index (κ1) is 15.1. The Morgan fingerprint density at radius 2 is 2.21 bits per heavy atom. The number of urea groups is 1. The highest BCUT2D eigenvalue weighted by atomic mass is 16.3. The molecule has 19 heavy (non-hydrogen) atoms. The van der Waals surface area contributed by atoms with Crippen molar-refractivity contribution in [3.05, 3.63) is 29.8 Å². The second-order valence-corrected chi connectivity index (χ2v) is 5.17. The van der Waals surface area contributed by atoms with Crippen molar-refractivity contribution in [2.24, 2.45) is 5.41 Å². The molecule has 0 aliphatic rings. The number of amides is 2. The lowest BCUT2D eigenvalue weighted by molar-refractivity contribution is 0.204. The lowest BCUT2D eigenvalue weighted by atomic mass is 9.90. The number of hydrogen-bond acceptors (Lipinski definition) is 2. The third-order valence-electron chi connectivity index (χ3n) is 2.80. The second-order valence-electron chi connectivity index (χ2n) is 5.17. The molecule has 0 aliphatic carbocycles. The standard InChI is InChI=1S/C15H20N2O2/c1-4-12-6-5-7-13(10-12)17-14(19)16-11-15(2,3)8-9-18/h1,5-7,10,18H,8-9,11H2,2-3H3,(H2,16,17,19). The Morgan fingerprint density at radius 1 is 1.47 bits per heavy atom. The van der Waals surface area contributed by atoms with Crippen molar-refractivity contribution in [2.45, 2.75) is 20.3 Å². The number of carbonyl (C=O) groups excluding carboxylic acids is 1. The van der Waals surface area contributed by atoms with Crippen LogP contribution in [0.3, 0.4) is 0 Å². The number of rotatable bonds is 5. The number of nitrogens with one attached hydrogen (secondary N) is 2. The summed E-state index contributed by atoms with van der Waals surface area (Å²) in [5, 5.41) is 14.4. The van der Waals surface area contributed by atoms with Gasteiger partial charge in [-0.2, -0.15) is 0 Å². The van der Waals surface area contributed by atoms with E-state index in [1.807, 2.05) is 13.8 Å². The molecule has 0 bridgehead atoms. The van der Waals surface area contributed by atoms with E-state index in [0.29, 0.717) is 18.7 Å². The summed E-state index contributed by atoms with van der Waals surface area (Å²) in [5.74, 6) is 2.51. The number of carbonyl (C=O) groups is 1. The number of terminal acetylenes is 1. The molecule has 0 atom stereocenters. The lowest BCUT2D eigenvalue weighted by Gasteiger charge is -2.23. The predicted octanol–water partition coefficient (Wildman–Crippen LogP) is 2.20. The summed E-state index contributed by atoms with van der Waals surface area (Å²) < 4.78 is 0. The summed E-state index contributed by atoms with van der Waals surface area (Å²) in [5.41, 5.74) is 1.25. The zero-order chi connectivity index (χ0) is 14.3. The third-order valence-corrected chi connectivity index (χ3v) is 2.80. The van der Waals surface area contributed by atoms with Gasteiger partial charge >= 0.3 is 6.03 Å². The third kappa shape index (κ3) is 5.45. The molecule has 0 saturated heterocycles. The van der Waals surface area contributed by atoms with Gasteiger partial charge in [0.05, 0.1) is 0 Å². The molecule has 0 heterocycles. The van der Waals surface area contributed by atoms with E-state index >= 15 is 0 Å². The first-order valence-electron chi connectivity index (χ1n) is 6.19. The molecular weight excluding hydrogens is 240 g/mol. The van der Waals surface area contributed by atoms with Gasteiger partial charge < -0.3 is 15.7 Å². The molecule has 1 rings (SSSR count). The van der Waals surface area contributed by atoms with Crippen molar-refractivity contribution in [2.75, 3.05) is 18.5 Å². The van der Waals surface area contributed by atoms with Gasteiger partial charge in [0.25, 0.3) is 0 Å². The van der Waals surface area contributed by atoms with Crippen LogP contribution in [0.4, 0.5) is 10.5 Å². The van der Waals surface area contributed by atoms with Crippen LogP contribution in [0.25, 0.3) is 0 Å². The van der Waals surface area contributed by atoms with E-state index < -0.39 is 0 Å². The fraction of sp³-hybridized carbons (Fsp3) is 0.400. The topological polar surface area (TPSA) is 61.4 Å². The van der Waals surface area contributed by atoms with Gasteiger partial charge in [0.1, 0.15) is 0 Å². The van der Waals surface area contributed by atoms with E-state index in [2.05, 4.69) is 16.6 Å². The summed E-state index contributed by atoms with van der Waals surface area (Å²) in [4.78, 5) is 11.7. The molecular formula is C15H20N2O2. The number of benzene rings is 1. The molecule has 0 aromatic heterocycles. The Hall–Kier alpha value is -1.99. The van der Waals surface area contributed by atoms with E-state index in [1.165, 1.54) is 0 Å². The molecule has 0 fully saturated rings. The van der Waals surface area contributed by atoms with Crippen LogP contribution in [0.2, 0.25) is 0 Å². The van der Waals surface area contributed by atoms with Crippen LogP contribution in [0.15, 0.2) is 24.3 Å². The number of hydrogen-bond donors (Lipinski definition) is 3. The van der Waals surface area contributed by atoms with Crippen LogP contribution in [-0.4, -0.2) is 24.3 Å². The minimum atomic E-state index is -0.278. The monoisotopic (exact) mass is 260 g/mol. The molecule has 0 radical (unpaired) electrons. The summed E-state index contributed by atoms with van der Waals surface area (Å²) in [6.07, 6.45) is 5.94. The average Bonchev–Trinajstić information content (AvgIpc) is 2.37. The van der Waals surface area contributed by atoms with Crippen molar-refractivity contribution in [1.29, 1.82) is 0 Å². The van der Waals surface area contributed by atoms with Gasteiger partial charge in [-0.3, -0.25) is 0 Å². The smallest absolute Gasteiger partial charge is 0.319 e. The van der Waals surface area contributed by atoms with Crippen molar-refractivity contribution in [3.8, 4) is 12.3 Å². The van der Waals surface area contributed by atoms with Crippen molar-refractivity contribution in [3.63, 3.8) is 0 Å². The zero-order valence-corrected chi connectivity index (χ0v) is 11.4. The lowest BCUT2D eigenvalue weighted by Crippen LogP contribution is -2.37. The first-order chi connectivity index (χ1) is 8.96. The maximum absolute atomic E-state index is 11.7. The summed E-state index contributed by atoms with van der Waals surface area (Å²) in [6.45, 7) is 4.58. The highest BCUT2D eigenvalue weighted by Crippen LogP contribution is 2.18. The van der Waals surface area contributed by atoms with Crippen molar-refractivity contribution in [1.82, 2.24) is 5.32 Å². The van der Waals surface area contributed by atoms with Crippen molar-refractivity contribution < 1.29 is 9.90 Å². The van der Waals surface area contributed by atoms with Gasteiger partial charge in [0.2, 0.25) is 0 Å². The fourth-order valence-corrected chi connectivity index (χ4v) is 1.57. The Morgan fingerprint density at radius 3 is 2.84 bits per heavy atom. The van der Waals surface area contributed by atoms with Gasteiger partial charge in [-0.15, -0.1) is 6.42 Å². The summed E-state index contributed by atoms with van der Waals surface area (Å²) in [7, 11) is 0. The van der Waals surface area contributed by atoms with Gasteiger partial charge in [-0.1, -0.05) is 25.8 Å². The molecule has 2 amide bonds. The number of aliphatic hydroxyl groups excluding tert-OH is 1.